The fraction of sp³-hybridized carbons (Fsp3) is 0.762. The Bertz CT molecular complexity index is 779. The quantitative estimate of drug-likeness (QED) is 0.0424. The van der Waals surface area contributed by atoms with E-state index in [0.717, 1.165) is 70.6 Å². The summed E-state index contributed by atoms with van der Waals surface area (Å²) in [6.45, 7) is 4.20. The molecule has 0 aliphatic heterocycles. The number of unbranched alkanes of at least 4 members (excludes halogenated alkanes) is 20. The van der Waals surface area contributed by atoms with Crippen LogP contribution in [-0.4, -0.2) is 23.1 Å². The molecule has 1 atom stereocenters. The van der Waals surface area contributed by atoms with Gasteiger partial charge in [-0.25, -0.2) is 0 Å². The number of carboxylic acid groups (broad SMARTS) is 1. The predicted molar refractivity (Wildman–Crippen MR) is 199 cm³/mol. The van der Waals surface area contributed by atoms with Gasteiger partial charge in [0, 0.05) is 12.8 Å². The lowest BCUT2D eigenvalue weighted by atomic mass is 10.0. The molecule has 0 amide bonds. The second kappa shape index (κ2) is 37.4. The topological polar surface area (TPSA) is 63.6 Å². The Morgan fingerprint density at radius 3 is 1.30 bits per heavy atom. The molecule has 0 saturated carbocycles. The van der Waals surface area contributed by atoms with Crippen molar-refractivity contribution in [1.29, 1.82) is 0 Å². The maximum atomic E-state index is 12.1. The van der Waals surface area contributed by atoms with E-state index < -0.39 is 5.97 Å². The van der Waals surface area contributed by atoms with Gasteiger partial charge < -0.3 is 9.84 Å². The minimum atomic E-state index is -0.662. The Morgan fingerprint density at radius 2 is 0.870 bits per heavy atom. The van der Waals surface area contributed by atoms with E-state index in [1.807, 2.05) is 6.92 Å². The molecule has 0 radical (unpaired) electrons. The Hall–Kier alpha value is -2.10. The van der Waals surface area contributed by atoms with E-state index in [9.17, 15) is 9.59 Å². The molecule has 0 aromatic carbocycles. The number of hydrogen-bond acceptors (Lipinski definition) is 3. The highest BCUT2D eigenvalue weighted by molar-refractivity contribution is 5.69. The van der Waals surface area contributed by atoms with E-state index in [1.165, 1.54) is 103 Å². The summed E-state index contributed by atoms with van der Waals surface area (Å²) in [4.78, 5) is 22.6. The summed E-state index contributed by atoms with van der Waals surface area (Å²) >= 11 is 0. The molecule has 0 fully saturated rings. The van der Waals surface area contributed by atoms with Gasteiger partial charge in [0.05, 0.1) is 6.10 Å². The first-order valence-electron chi connectivity index (χ1n) is 19.6. The number of aliphatic carboxylic acids is 1. The zero-order valence-corrected chi connectivity index (χ0v) is 30.4. The van der Waals surface area contributed by atoms with Gasteiger partial charge in [0.25, 0.3) is 0 Å². The van der Waals surface area contributed by atoms with Crippen LogP contribution in [0.25, 0.3) is 0 Å². The van der Waals surface area contributed by atoms with Crippen molar-refractivity contribution in [2.75, 3.05) is 0 Å². The Balaban J connectivity index is 3.36. The van der Waals surface area contributed by atoms with Crippen molar-refractivity contribution in [1.82, 2.24) is 0 Å². The van der Waals surface area contributed by atoms with Gasteiger partial charge in [0.15, 0.2) is 0 Å². The summed E-state index contributed by atoms with van der Waals surface area (Å²) in [6, 6.07) is 0. The number of hydrogen-bond donors (Lipinski definition) is 1. The zero-order valence-electron chi connectivity index (χ0n) is 30.4. The van der Waals surface area contributed by atoms with Crippen molar-refractivity contribution < 1.29 is 19.4 Å². The molecule has 46 heavy (non-hydrogen) atoms. The van der Waals surface area contributed by atoms with Gasteiger partial charge in [0.2, 0.25) is 0 Å². The molecule has 266 valence electrons. The van der Waals surface area contributed by atoms with E-state index in [2.05, 4.69) is 55.5 Å². The van der Waals surface area contributed by atoms with Crippen LogP contribution in [0.5, 0.6) is 0 Å². The van der Waals surface area contributed by atoms with Gasteiger partial charge in [-0.05, 0) is 71.1 Å². The third kappa shape index (κ3) is 38.1. The molecule has 0 saturated heterocycles. The molecule has 0 aliphatic rings. The minimum absolute atomic E-state index is 0.0315. The largest absolute Gasteiger partial charge is 0.481 e. The first-order valence-corrected chi connectivity index (χ1v) is 19.6. The fourth-order valence-corrected chi connectivity index (χ4v) is 5.68. The highest BCUT2D eigenvalue weighted by Crippen LogP contribution is 2.16. The van der Waals surface area contributed by atoms with Crippen molar-refractivity contribution in [2.45, 2.75) is 206 Å². The van der Waals surface area contributed by atoms with Gasteiger partial charge in [-0.15, -0.1) is 0 Å². The summed E-state index contributed by atoms with van der Waals surface area (Å²) in [5.74, 6) is -0.693. The van der Waals surface area contributed by atoms with Gasteiger partial charge in [0.1, 0.15) is 0 Å². The maximum absolute atomic E-state index is 12.1. The van der Waals surface area contributed by atoms with Gasteiger partial charge in [-0.3, -0.25) is 9.59 Å². The van der Waals surface area contributed by atoms with E-state index in [-0.39, 0.29) is 12.1 Å². The molecule has 0 aliphatic carbocycles. The number of esters is 1. The number of allylic oxidation sites excluding steroid dienone is 8. The number of carboxylic acids is 1. The highest BCUT2D eigenvalue weighted by atomic mass is 16.5. The molecule has 0 spiro atoms. The molecule has 0 bridgehead atoms. The normalized spacial score (nSPS) is 12.7. The Morgan fingerprint density at radius 1 is 0.500 bits per heavy atom. The van der Waals surface area contributed by atoms with Gasteiger partial charge in [-0.1, -0.05) is 165 Å². The number of carbonyl (C=O) groups excluding carboxylic acids is 1. The monoisotopic (exact) mass is 643 g/mol. The van der Waals surface area contributed by atoms with Crippen LogP contribution < -0.4 is 0 Å². The van der Waals surface area contributed by atoms with Crippen molar-refractivity contribution in [2.24, 2.45) is 0 Å². The van der Waals surface area contributed by atoms with Crippen LogP contribution in [0.15, 0.2) is 48.6 Å². The first-order chi connectivity index (χ1) is 22.6. The molecule has 0 aromatic rings. The zero-order chi connectivity index (χ0) is 33.6. The van der Waals surface area contributed by atoms with Crippen LogP contribution in [-0.2, 0) is 14.3 Å². The molecule has 4 heteroatoms. The lowest BCUT2D eigenvalue weighted by Crippen LogP contribution is -2.14. The second-order valence-electron chi connectivity index (χ2n) is 13.2. The molecular formula is C42H74O4. The molecule has 0 rings (SSSR count). The van der Waals surface area contributed by atoms with E-state index >= 15 is 0 Å². The van der Waals surface area contributed by atoms with E-state index in [1.54, 1.807) is 0 Å². The SMILES string of the molecule is CC/C=C\C/C=C\C/C=C\C/C=C\CCCCC(=O)OC(C)CCCCCCCCCCCCCCCCCCCCCC(=O)O. The van der Waals surface area contributed by atoms with Crippen LogP contribution in [0.1, 0.15) is 200 Å². The van der Waals surface area contributed by atoms with Crippen LogP contribution in [0.3, 0.4) is 0 Å². The lowest BCUT2D eigenvalue weighted by Gasteiger charge is -2.13. The summed E-state index contributed by atoms with van der Waals surface area (Å²) in [7, 11) is 0. The van der Waals surface area contributed by atoms with Crippen molar-refractivity contribution in [3.05, 3.63) is 48.6 Å². The Kier molecular flexibility index (Phi) is 35.7. The number of rotatable bonds is 35. The van der Waals surface area contributed by atoms with Crippen LogP contribution in [0, 0.1) is 0 Å². The summed E-state index contributed by atoms with van der Waals surface area (Å²) in [5.41, 5.74) is 0. The third-order valence-corrected chi connectivity index (χ3v) is 8.55. The first kappa shape index (κ1) is 43.9. The maximum Gasteiger partial charge on any atom is 0.306 e. The summed E-state index contributed by atoms with van der Waals surface area (Å²) in [6.07, 6.45) is 51.3. The molecule has 1 N–H and O–H groups in total. The van der Waals surface area contributed by atoms with Crippen LogP contribution in [0.4, 0.5) is 0 Å². The fourth-order valence-electron chi connectivity index (χ4n) is 5.68. The number of carbonyl (C=O) groups is 2. The van der Waals surface area contributed by atoms with Gasteiger partial charge >= 0.3 is 11.9 Å². The van der Waals surface area contributed by atoms with Crippen LogP contribution >= 0.6 is 0 Å². The summed E-state index contributed by atoms with van der Waals surface area (Å²) < 4.78 is 5.63. The minimum Gasteiger partial charge on any atom is -0.481 e. The molecule has 0 aromatic heterocycles. The smallest absolute Gasteiger partial charge is 0.306 e. The second-order valence-corrected chi connectivity index (χ2v) is 13.2. The molecule has 1 unspecified atom stereocenters. The summed E-state index contributed by atoms with van der Waals surface area (Å²) in [5, 5.41) is 8.64. The van der Waals surface area contributed by atoms with Crippen molar-refractivity contribution in [3.63, 3.8) is 0 Å². The van der Waals surface area contributed by atoms with Crippen LogP contribution in [0.2, 0.25) is 0 Å². The third-order valence-electron chi connectivity index (χ3n) is 8.55. The number of ether oxygens (including phenoxy) is 1. The predicted octanol–water partition coefficient (Wildman–Crippen LogP) is 13.6. The highest BCUT2D eigenvalue weighted by Gasteiger charge is 2.09. The van der Waals surface area contributed by atoms with Crippen molar-refractivity contribution >= 4 is 11.9 Å². The van der Waals surface area contributed by atoms with E-state index in [4.69, 9.17) is 9.84 Å². The molecule has 4 nitrogen and oxygen atoms in total. The average Bonchev–Trinajstić information content (AvgIpc) is 3.03. The Labute approximate surface area is 285 Å². The molecular weight excluding hydrogens is 568 g/mol. The average molecular weight is 643 g/mol. The molecule has 0 heterocycles. The van der Waals surface area contributed by atoms with E-state index in [0.29, 0.717) is 12.8 Å². The lowest BCUT2D eigenvalue weighted by molar-refractivity contribution is -0.148. The van der Waals surface area contributed by atoms with Crippen molar-refractivity contribution in [3.8, 4) is 0 Å². The van der Waals surface area contributed by atoms with Gasteiger partial charge in [-0.2, -0.15) is 0 Å². The standard InChI is InChI=1S/C42H74O4/c1-3-4-5-6-7-8-9-10-16-21-24-27-30-33-36-39-42(45)46-40(2)37-34-31-28-25-22-19-17-14-12-11-13-15-18-20-23-26-29-32-35-38-41(43)44/h4-5,7-8,10,16,24,27,40H,3,6,9,11-15,17-23,25-26,28-39H2,1-2H3,(H,43,44)/b5-4-,8-7-,16-10-,27-24-.